The van der Waals surface area contributed by atoms with Crippen molar-refractivity contribution in [3.8, 4) is 5.69 Å². The van der Waals surface area contributed by atoms with Crippen LogP contribution in [0.1, 0.15) is 5.56 Å². The van der Waals surface area contributed by atoms with Crippen molar-refractivity contribution in [3.05, 3.63) is 76.8 Å². The van der Waals surface area contributed by atoms with E-state index in [4.69, 9.17) is 0 Å². The Kier molecular flexibility index (Phi) is 4.94. The Morgan fingerprint density at radius 2 is 1.89 bits per heavy atom. The van der Waals surface area contributed by atoms with Crippen LogP contribution < -0.4 is 10.9 Å². The fourth-order valence-electron chi connectivity index (χ4n) is 2.76. The summed E-state index contributed by atoms with van der Waals surface area (Å²) in [5, 5.41) is 3.38. The number of nitrogens with one attached hydrogen (secondary N) is 2. The molecule has 0 aliphatic carbocycles. The number of rotatable bonds is 5. The zero-order valence-corrected chi connectivity index (χ0v) is 15.9. The number of amides is 1. The first-order valence-electron chi connectivity index (χ1n) is 8.63. The second kappa shape index (κ2) is 7.69. The molecule has 28 heavy (non-hydrogen) atoms. The lowest BCUT2D eigenvalue weighted by molar-refractivity contribution is -0.113. The van der Waals surface area contributed by atoms with Crippen molar-refractivity contribution in [2.24, 2.45) is 0 Å². The summed E-state index contributed by atoms with van der Waals surface area (Å²) in [7, 11) is 0. The summed E-state index contributed by atoms with van der Waals surface area (Å²) >= 11 is 1.25. The highest BCUT2D eigenvalue weighted by Crippen LogP contribution is 2.26. The summed E-state index contributed by atoms with van der Waals surface area (Å²) in [4.78, 5) is 35.7. The molecule has 0 saturated heterocycles. The molecule has 4 aromatic rings. The lowest BCUT2D eigenvalue weighted by Crippen LogP contribution is -2.14. The monoisotopic (exact) mass is 391 g/mol. The van der Waals surface area contributed by atoms with E-state index in [9.17, 15) is 9.59 Å². The van der Waals surface area contributed by atoms with Crippen LogP contribution in [-0.4, -0.2) is 31.2 Å². The molecule has 7 nitrogen and oxygen atoms in total. The standard InChI is InChI=1S/C20H17N5O2S/c1-13-7-9-15(10-8-13)25-18-17(19(27)22-12-21-18)24-20(25)28-11-16(26)23-14-5-3-2-4-6-14/h2-10,12H,11H2,1H3,(H,23,26)(H,21,22,27). The van der Waals surface area contributed by atoms with Crippen LogP contribution in [0.2, 0.25) is 0 Å². The van der Waals surface area contributed by atoms with Gasteiger partial charge in [0.15, 0.2) is 16.3 Å². The number of carbonyl (C=O) groups excluding carboxylic acids is 1. The lowest BCUT2D eigenvalue weighted by Gasteiger charge is -2.09. The van der Waals surface area contributed by atoms with Gasteiger partial charge in [-0.2, -0.15) is 0 Å². The third-order valence-electron chi connectivity index (χ3n) is 4.10. The third kappa shape index (κ3) is 3.67. The topological polar surface area (TPSA) is 92.7 Å². The highest BCUT2D eigenvalue weighted by atomic mass is 32.2. The smallest absolute Gasteiger partial charge is 0.278 e. The first-order chi connectivity index (χ1) is 13.6. The molecule has 0 atom stereocenters. The minimum absolute atomic E-state index is 0.152. The number of carbonyl (C=O) groups is 1. The quantitative estimate of drug-likeness (QED) is 0.510. The molecule has 2 N–H and O–H groups in total. The number of nitrogens with zero attached hydrogens (tertiary/aromatic N) is 3. The van der Waals surface area contributed by atoms with Crippen molar-refractivity contribution in [1.29, 1.82) is 0 Å². The molecule has 0 aliphatic rings. The van der Waals surface area contributed by atoms with Gasteiger partial charge in [0.25, 0.3) is 5.56 Å². The van der Waals surface area contributed by atoms with Crippen LogP contribution in [0.5, 0.6) is 0 Å². The Hall–Kier alpha value is -3.39. The fraction of sp³-hybridized carbons (Fsp3) is 0.100. The molecule has 0 radical (unpaired) electrons. The molecule has 2 aromatic carbocycles. The van der Waals surface area contributed by atoms with E-state index in [2.05, 4.69) is 20.3 Å². The molecular weight excluding hydrogens is 374 g/mol. The summed E-state index contributed by atoms with van der Waals surface area (Å²) < 4.78 is 1.80. The zero-order valence-electron chi connectivity index (χ0n) is 15.0. The number of benzene rings is 2. The molecule has 0 spiro atoms. The fourth-order valence-corrected chi connectivity index (χ4v) is 3.56. The average Bonchev–Trinajstić information content (AvgIpc) is 3.08. The summed E-state index contributed by atoms with van der Waals surface area (Å²) in [6.45, 7) is 2.00. The Bertz CT molecular complexity index is 1180. The normalized spacial score (nSPS) is 10.9. The number of aromatic amines is 1. The highest BCUT2D eigenvalue weighted by molar-refractivity contribution is 7.99. The summed E-state index contributed by atoms with van der Waals surface area (Å²) in [6, 6.07) is 17.1. The van der Waals surface area contributed by atoms with Gasteiger partial charge in [-0.05, 0) is 31.2 Å². The first-order valence-corrected chi connectivity index (χ1v) is 9.61. The minimum atomic E-state index is -0.313. The van der Waals surface area contributed by atoms with Crippen molar-refractivity contribution in [2.75, 3.05) is 11.1 Å². The molecule has 0 fully saturated rings. The number of para-hydroxylation sites is 1. The number of thioether (sulfide) groups is 1. The number of hydrogen-bond donors (Lipinski definition) is 2. The van der Waals surface area contributed by atoms with Crippen molar-refractivity contribution in [2.45, 2.75) is 12.1 Å². The molecule has 0 aliphatic heterocycles. The number of hydrogen-bond acceptors (Lipinski definition) is 5. The van der Waals surface area contributed by atoms with Crippen LogP contribution in [0.4, 0.5) is 5.69 Å². The molecule has 0 unspecified atom stereocenters. The Morgan fingerprint density at radius 3 is 2.64 bits per heavy atom. The number of aryl methyl sites for hydroxylation is 1. The van der Waals surface area contributed by atoms with E-state index in [1.54, 1.807) is 4.57 Å². The number of imidazole rings is 1. The van der Waals surface area contributed by atoms with E-state index in [1.165, 1.54) is 18.1 Å². The lowest BCUT2D eigenvalue weighted by atomic mass is 10.2. The van der Waals surface area contributed by atoms with Crippen molar-refractivity contribution in [1.82, 2.24) is 19.5 Å². The number of H-pyrrole nitrogens is 1. The number of fused-ring (bicyclic) bond motifs is 1. The van der Waals surface area contributed by atoms with Crippen LogP contribution in [0.3, 0.4) is 0 Å². The van der Waals surface area contributed by atoms with Gasteiger partial charge in [-0.15, -0.1) is 0 Å². The van der Waals surface area contributed by atoms with Gasteiger partial charge < -0.3 is 10.3 Å². The van der Waals surface area contributed by atoms with E-state index in [-0.39, 0.29) is 22.7 Å². The molecule has 4 rings (SSSR count). The maximum Gasteiger partial charge on any atom is 0.278 e. The number of anilines is 1. The number of aromatic nitrogens is 4. The van der Waals surface area contributed by atoms with Gasteiger partial charge in [0.2, 0.25) is 5.91 Å². The zero-order chi connectivity index (χ0) is 19.5. The van der Waals surface area contributed by atoms with Gasteiger partial charge >= 0.3 is 0 Å². The Morgan fingerprint density at radius 1 is 1.14 bits per heavy atom. The van der Waals surface area contributed by atoms with Crippen LogP contribution >= 0.6 is 11.8 Å². The summed E-state index contributed by atoms with van der Waals surface area (Å²) in [5.41, 5.74) is 3.07. The van der Waals surface area contributed by atoms with Gasteiger partial charge in [-0.25, -0.2) is 9.97 Å². The van der Waals surface area contributed by atoms with E-state index < -0.39 is 0 Å². The Labute approximate surface area is 164 Å². The largest absolute Gasteiger partial charge is 0.325 e. The van der Waals surface area contributed by atoms with Crippen molar-refractivity contribution < 1.29 is 4.79 Å². The van der Waals surface area contributed by atoms with Crippen LogP contribution in [0.15, 0.2) is 70.9 Å². The molecule has 140 valence electrons. The molecule has 2 aromatic heterocycles. The molecule has 8 heteroatoms. The molecule has 0 saturated carbocycles. The second-order valence-corrected chi connectivity index (χ2v) is 7.11. The molecular formula is C20H17N5O2S. The van der Waals surface area contributed by atoms with Crippen molar-refractivity contribution in [3.63, 3.8) is 0 Å². The average molecular weight is 391 g/mol. The predicted octanol–water partition coefficient (Wildman–Crippen LogP) is 3.15. The third-order valence-corrected chi connectivity index (χ3v) is 5.04. The van der Waals surface area contributed by atoms with E-state index in [0.29, 0.717) is 10.8 Å². The van der Waals surface area contributed by atoms with Gasteiger partial charge in [0.05, 0.1) is 12.1 Å². The van der Waals surface area contributed by atoms with E-state index in [0.717, 1.165) is 16.9 Å². The van der Waals surface area contributed by atoms with Crippen LogP contribution in [0.25, 0.3) is 16.9 Å². The SMILES string of the molecule is Cc1ccc(-n2c(SCC(=O)Nc3ccccc3)nc3c(=O)[nH]cnc32)cc1. The van der Waals surface area contributed by atoms with Gasteiger partial charge in [-0.1, -0.05) is 47.7 Å². The van der Waals surface area contributed by atoms with Crippen molar-refractivity contribution >= 4 is 34.5 Å². The van der Waals surface area contributed by atoms with Gasteiger partial charge in [-0.3, -0.25) is 14.2 Å². The molecule has 1 amide bonds. The first kappa shape index (κ1) is 18.0. The maximum atomic E-state index is 12.3. The van der Waals surface area contributed by atoms with Gasteiger partial charge in [0, 0.05) is 11.4 Å². The maximum absolute atomic E-state index is 12.3. The highest BCUT2D eigenvalue weighted by Gasteiger charge is 2.17. The van der Waals surface area contributed by atoms with E-state index >= 15 is 0 Å². The van der Waals surface area contributed by atoms with Crippen LogP contribution in [-0.2, 0) is 4.79 Å². The summed E-state index contributed by atoms with van der Waals surface area (Å²) in [6.07, 6.45) is 1.35. The van der Waals surface area contributed by atoms with Gasteiger partial charge in [0.1, 0.15) is 0 Å². The molecule has 0 bridgehead atoms. The molecule has 2 heterocycles. The van der Waals surface area contributed by atoms with E-state index in [1.807, 2.05) is 61.5 Å². The second-order valence-electron chi connectivity index (χ2n) is 6.17. The Balaban J connectivity index is 1.65. The predicted molar refractivity (Wildman–Crippen MR) is 110 cm³/mol. The summed E-state index contributed by atoms with van der Waals surface area (Å²) in [5.74, 6) is 0.00250. The van der Waals surface area contributed by atoms with Crippen LogP contribution in [0, 0.1) is 6.92 Å². The minimum Gasteiger partial charge on any atom is -0.325 e.